The molecule has 0 aliphatic carbocycles. The molecule has 0 saturated carbocycles. The predicted octanol–water partition coefficient (Wildman–Crippen LogP) is 1.77. The lowest BCUT2D eigenvalue weighted by Gasteiger charge is -2.21. The number of hydrogen-bond donors (Lipinski definition) is 1. The Balaban J connectivity index is 2.74. The molecule has 5 heteroatoms. The van der Waals surface area contributed by atoms with Crippen LogP contribution in [0, 0.1) is 11.3 Å². The first kappa shape index (κ1) is 14.7. The molecule has 0 spiro atoms. The number of nitrogens with zero attached hydrogens (tertiary/aromatic N) is 2. The van der Waals surface area contributed by atoms with Crippen LogP contribution >= 0.6 is 0 Å². The summed E-state index contributed by atoms with van der Waals surface area (Å²) < 4.78 is 0. The van der Waals surface area contributed by atoms with Gasteiger partial charge in [-0.2, -0.15) is 5.26 Å². The topological polar surface area (TPSA) is 81.4 Å². The third kappa shape index (κ3) is 4.43. The Morgan fingerprint density at radius 3 is 2.58 bits per heavy atom. The zero-order valence-corrected chi connectivity index (χ0v) is 10.8. The van der Waals surface area contributed by atoms with Gasteiger partial charge in [-0.05, 0) is 18.6 Å². The van der Waals surface area contributed by atoms with Gasteiger partial charge in [0.2, 0.25) is 5.91 Å². The smallest absolute Gasteiger partial charge is 0.303 e. The zero-order valence-electron chi connectivity index (χ0n) is 10.8. The first-order valence-corrected chi connectivity index (χ1v) is 6.06. The number of rotatable bonds is 6. The molecular formula is C14H16N2O3. The average molecular weight is 260 g/mol. The second-order valence-corrected chi connectivity index (χ2v) is 4.07. The SMILES string of the molecule is CCN(Cc1ccccc1C#N)C(=O)CCC(=O)O. The lowest BCUT2D eigenvalue weighted by atomic mass is 10.1. The molecular weight excluding hydrogens is 244 g/mol. The fourth-order valence-electron chi connectivity index (χ4n) is 1.72. The van der Waals surface area contributed by atoms with Crippen molar-refractivity contribution in [1.29, 1.82) is 5.26 Å². The van der Waals surface area contributed by atoms with E-state index >= 15 is 0 Å². The van der Waals surface area contributed by atoms with Crippen LogP contribution in [0.4, 0.5) is 0 Å². The van der Waals surface area contributed by atoms with Crippen LogP contribution < -0.4 is 0 Å². The van der Waals surface area contributed by atoms with Crippen molar-refractivity contribution >= 4 is 11.9 Å². The second kappa shape index (κ2) is 7.17. The van der Waals surface area contributed by atoms with Gasteiger partial charge < -0.3 is 10.0 Å². The van der Waals surface area contributed by atoms with E-state index in [0.29, 0.717) is 18.7 Å². The molecule has 0 fully saturated rings. The van der Waals surface area contributed by atoms with E-state index in [4.69, 9.17) is 10.4 Å². The number of amides is 1. The van der Waals surface area contributed by atoms with E-state index in [1.54, 1.807) is 23.1 Å². The van der Waals surface area contributed by atoms with Gasteiger partial charge >= 0.3 is 5.97 Å². The molecule has 19 heavy (non-hydrogen) atoms. The van der Waals surface area contributed by atoms with Gasteiger partial charge in [-0.1, -0.05) is 18.2 Å². The highest BCUT2D eigenvalue weighted by Crippen LogP contribution is 2.12. The van der Waals surface area contributed by atoms with Crippen LogP contribution in [0.1, 0.15) is 30.9 Å². The Morgan fingerprint density at radius 1 is 1.32 bits per heavy atom. The van der Waals surface area contributed by atoms with Crippen molar-refractivity contribution in [3.8, 4) is 6.07 Å². The lowest BCUT2D eigenvalue weighted by Crippen LogP contribution is -2.30. The van der Waals surface area contributed by atoms with Gasteiger partial charge in [-0.15, -0.1) is 0 Å². The number of hydrogen-bond acceptors (Lipinski definition) is 3. The highest BCUT2D eigenvalue weighted by atomic mass is 16.4. The van der Waals surface area contributed by atoms with Gasteiger partial charge in [0, 0.05) is 19.5 Å². The largest absolute Gasteiger partial charge is 0.481 e. The summed E-state index contributed by atoms with van der Waals surface area (Å²) in [6.45, 7) is 2.64. The second-order valence-electron chi connectivity index (χ2n) is 4.07. The Bertz CT molecular complexity index is 506. The fraction of sp³-hybridized carbons (Fsp3) is 0.357. The minimum Gasteiger partial charge on any atom is -0.481 e. The van der Waals surface area contributed by atoms with Crippen molar-refractivity contribution in [2.45, 2.75) is 26.3 Å². The van der Waals surface area contributed by atoms with Crippen LogP contribution in [0.25, 0.3) is 0 Å². The fourth-order valence-corrected chi connectivity index (χ4v) is 1.72. The van der Waals surface area contributed by atoms with E-state index in [9.17, 15) is 9.59 Å². The van der Waals surface area contributed by atoms with Crippen molar-refractivity contribution in [3.63, 3.8) is 0 Å². The Morgan fingerprint density at radius 2 is 2.00 bits per heavy atom. The molecule has 1 N–H and O–H groups in total. The number of carboxylic acids is 1. The first-order valence-electron chi connectivity index (χ1n) is 6.06. The Hall–Kier alpha value is -2.35. The quantitative estimate of drug-likeness (QED) is 0.845. The Labute approximate surface area is 112 Å². The summed E-state index contributed by atoms with van der Waals surface area (Å²) in [5.41, 5.74) is 1.31. The minimum atomic E-state index is -0.984. The maximum Gasteiger partial charge on any atom is 0.303 e. The van der Waals surface area contributed by atoms with Crippen LogP contribution in [0.15, 0.2) is 24.3 Å². The molecule has 0 atom stereocenters. The summed E-state index contributed by atoms with van der Waals surface area (Å²) in [5.74, 6) is -1.19. The molecule has 1 aromatic rings. The molecule has 0 heterocycles. The number of benzene rings is 1. The summed E-state index contributed by atoms with van der Waals surface area (Å²) in [6.07, 6.45) is -0.187. The van der Waals surface area contributed by atoms with Gasteiger partial charge in [-0.25, -0.2) is 0 Å². The maximum absolute atomic E-state index is 11.9. The highest BCUT2D eigenvalue weighted by molar-refractivity contribution is 5.80. The lowest BCUT2D eigenvalue weighted by molar-refractivity contribution is -0.141. The molecule has 0 radical (unpaired) electrons. The summed E-state index contributed by atoms with van der Waals surface area (Å²) in [4.78, 5) is 23.9. The Kier molecular flexibility index (Phi) is 5.55. The molecule has 0 aromatic heterocycles. The van der Waals surface area contributed by atoms with Crippen LogP contribution in [-0.2, 0) is 16.1 Å². The molecule has 1 amide bonds. The summed E-state index contributed by atoms with van der Waals surface area (Å²) >= 11 is 0. The number of carbonyl (C=O) groups excluding carboxylic acids is 1. The summed E-state index contributed by atoms with van der Waals surface area (Å²) in [5, 5.41) is 17.6. The number of aliphatic carboxylic acids is 1. The monoisotopic (exact) mass is 260 g/mol. The molecule has 0 aliphatic rings. The standard InChI is InChI=1S/C14H16N2O3/c1-2-16(13(17)7-8-14(18)19)10-12-6-4-3-5-11(12)9-15/h3-6H,2,7-8,10H2,1H3,(H,18,19). The van der Waals surface area contributed by atoms with Gasteiger partial charge in [-0.3, -0.25) is 9.59 Å². The highest BCUT2D eigenvalue weighted by Gasteiger charge is 2.14. The predicted molar refractivity (Wildman–Crippen MR) is 69.1 cm³/mol. The number of nitriles is 1. The van der Waals surface area contributed by atoms with Crippen molar-refractivity contribution in [1.82, 2.24) is 4.90 Å². The van der Waals surface area contributed by atoms with Crippen LogP contribution in [0.5, 0.6) is 0 Å². The van der Waals surface area contributed by atoms with Gasteiger partial charge in [0.05, 0.1) is 18.1 Å². The van der Waals surface area contributed by atoms with E-state index < -0.39 is 5.97 Å². The third-order valence-corrected chi connectivity index (χ3v) is 2.79. The number of carbonyl (C=O) groups is 2. The normalized spacial score (nSPS) is 9.68. The van der Waals surface area contributed by atoms with E-state index in [2.05, 4.69) is 6.07 Å². The van der Waals surface area contributed by atoms with Crippen LogP contribution in [0.2, 0.25) is 0 Å². The van der Waals surface area contributed by atoms with E-state index in [1.165, 1.54) is 0 Å². The van der Waals surface area contributed by atoms with E-state index in [1.807, 2.05) is 13.0 Å². The van der Waals surface area contributed by atoms with Gasteiger partial charge in [0.25, 0.3) is 0 Å². The van der Waals surface area contributed by atoms with E-state index in [0.717, 1.165) is 5.56 Å². The molecule has 100 valence electrons. The molecule has 0 bridgehead atoms. The van der Waals surface area contributed by atoms with Crippen LogP contribution in [-0.4, -0.2) is 28.4 Å². The zero-order chi connectivity index (χ0) is 14.3. The van der Waals surface area contributed by atoms with Crippen molar-refractivity contribution < 1.29 is 14.7 Å². The molecule has 1 aromatic carbocycles. The molecule has 0 aliphatic heterocycles. The molecule has 0 saturated heterocycles. The summed E-state index contributed by atoms with van der Waals surface area (Å²) in [6, 6.07) is 9.16. The molecule has 0 unspecified atom stereocenters. The summed E-state index contributed by atoms with van der Waals surface area (Å²) in [7, 11) is 0. The molecule has 1 rings (SSSR count). The molecule has 5 nitrogen and oxygen atoms in total. The van der Waals surface area contributed by atoms with E-state index in [-0.39, 0.29) is 18.7 Å². The third-order valence-electron chi connectivity index (χ3n) is 2.79. The number of carboxylic acid groups (broad SMARTS) is 1. The average Bonchev–Trinajstić information content (AvgIpc) is 2.42. The van der Waals surface area contributed by atoms with Crippen molar-refractivity contribution in [2.24, 2.45) is 0 Å². The maximum atomic E-state index is 11.9. The first-order chi connectivity index (χ1) is 9.08. The van der Waals surface area contributed by atoms with Crippen molar-refractivity contribution in [3.05, 3.63) is 35.4 Å². The van der Waals surface area contributed by atoms with Crippen molar-refractivity contribution in [2.75, 3.05) is 6.54 Å². The minimum absolute atomic E-state index is 0.0160. The van der Waals surface area contributed by atoms with Crippen LogP contribution in [0.3, 0.4) is 0 Å². The van der Waals surface area contributed by atoms with Gasteiger partial charge in [0.1, 0.15) is 0 Å². The van der Waals surface area contributed by atoms with Gasteiger partial charge in [0.15, 0.2) is 0 Å².